The Morgan fingerprint density at radius 2 is 1.36 bits per heavy atom. The molecule has 4 heteroatoms. The molecular weight excluding hydrogens is 352 g/mol. The summed E-state index contributed by atoms with van der Waals surface area (Å²) in [5.74, 6) is 0.237. The molecule has 28 heavy (non-hydrogen) atoms. The summed E-state index contributed by atoms with van der Waals surface area (Å²) >= 11 is 0. The lowest BCUT2D eigenvalue weighted by atomic mass is 10.1. The molecule has 0 spiro atoms. The van der Waals surface area contributed by atoms with Crippen LogP contribution in [0, 0.1) is 0 Å². The quantitative estimate of drug-likeness (QED) is 0.186. The Hall–Kier alpha value is -1.84. The Kier molecular flexibility index (Phi) is 14.0. The molecule has 0 heterocycles. The minimum atomic E-state index is -0.242. The van der Waals surface area contributed by atoms with E-state index in [0.29, 0.717) is 38.0 Å². The summed E-state index contributed by atoms with van der Waals surface area (Å²) in [5.41, 5.74) is 1.03. The summed E-state index contributed by atoms with van der Waals surface area (Å²) in [7, 11) is 0. The summed E-state index contributed by atoms with van der Waals surface area (Å²) in [6.07, 6.45) is 12.7. The Labute approximate surface area is 171 Å². The van der Waals surface area contributed by atoms with E-state index < -0.39 is 0 Å². The van der Waals surface area contributed by atoms with Crippen molar-refractivity contribution in [3.05, 3.63) is 29.8 Å². The van der Waals surface area contributed by atoms with Gasteiger partial charge in [-0.2, -0.15) is 0 Å². The SMILES string of the molecule is CCCCCCCCCCOC(=O)CCCCC(=O)Oc1ccccc1CC. The van der Waals surface area contributed by atoms with Gasteiger partial charge >= 0.3 is 11.9 Å². The highest BCUT2D eigenvalue weighted by molar-refractivity contribution is 5.73. The van der Waals surface area contributed by atoms with Gasteiger partial charge in [0.1, 0.15) is 5.75 Å². The third-order valence-electron chi connectivity index (χ3n) is 4.85. The minimum Gasteiger partial charge on any atom is -0.466 e. The standard InChI is InChI=1S/C24H38O4/c1-3-5-6-7-8-9-10-15-20-27-23(25)18-13-14-19-24(26)28-22-17-12-11-16-21(22)4-2/h11-12,16-17H,3-10,13-15,18-20H2,1-2H3. The van der Waals surface area contributed by atoms with Gasteiger partial charge in [-0.3, -0.25) is 9.59 Å². The third-order valence-corrected chi connectivity index (χ3v) is 4.85. The highest BCUT2D eigenvalue weighted by atomic mass is 16.5. The highest BCUT2D eigenvalue weighted by Gasteiger charge is 2.09. The molecule has 0 bridgehead atoms. The van der Waals surface area contributed by atoms with Gasteiger partial charge in [-0.05, 0) is 37.3 Å². The van der Waals surface area contributed by atoms with Crippen LogP contribution >= 0.6 is 0 Å². The largest absolute Gasteiger partial charge is 0.466 e. The molecule has 0 radical (unpaired) electrons. The van der Waals surface area contributed by atoms with Crippen LogP contribution in [0.25, 0.3) is 0 Å². The third kappa shape index (κ3) is 11.8. The molecule has 0 fully saturated rings. The van der Waals surface area contributed by atoms with Gasteiger partial charge in [0.2, 0.25) is 0 Å². The van der Waals surface area contributed by atoms with Crippen molar-refractivity contribution in [2.45, 2.75) is 97.3 Å². The molecule has 0 aliphatic rings. The molecule has 0 saturated heterocycles. The van der Waals surface area contributed by atoms with Crippen LogP contribution < -0.4 is 4.74 Å². The number of unbranched alkanes of at least 4 members (excludes halogenated alkanes) is 8. The molecule has 1 rings (SSSR count). The van der Waals surface area contributed by atoms with Crippen LogP contribution in [0.15, 0.2) is 24.3 Å². The molecule has 1 aromatic carbocycles. The van der Waals surface area contributed by atoms with Crippen LogP contribution in [-0.2, 0) is 20.7 Å². The van der Waals surface area contributed by atoms with Gasteiger partial charge in [-0.25, -0.2) is 0 Å². The predicted molar refractivity (Wildman–Crippen MR) is 113 cm³/mol. The fraction of sp³-hybridized carbons (Fsp3) is 0.667. The molecule has 0 amide bonds. The van der Waals surface area contributed by atoms with E-state index in [1.165, 1.54) is 38.5 Å². The number of esters is 2. The molecule has 4 nitrogen and oxygen atoms in total. The number of carbonyl (C=O) groups excluding carboxylic acids is 2. The Morgan fingerprint density at radius 1 is 0.750 bits per heavy atom. The number of hydrogen-bond acceptors (Lipinski definition) is 4. The van der Waals surface area contributed by atoms with Crippen LogP contribution in [0.1, 0.15) is 96.5 Å². The lowest BCUT2D eigenvalue weighted by Gasteiger charge is -2.08. The number of carbonyl (C=O) groups is 2. The highest BCUT2D eigenvalue weighted by Crippen LogP contribution is 2.19. The van der Waals surface area contributed by atoms with Crippen molar-refractivity contribution < 1.29 is 19.1 Å². The zero-order valence-electron chi connectivity index (χ0n) is 17.8. The molecule has 1 aromatic rings. The van der Waals surface area contributed by atoms with E-state index >= 15 is 0 Å². The topological polar surface area (TPSA) is 52.6 Å². The Bertz CT molecular complexity index is 553. The van der Waals surface area contributed by atoms with Crippen LogP contribution in [0.3, 0.4) is 0 Å². The van der Waals surface area contributed by atoms with Crippen molar-refractivity contribution in [2.24, 2.45) is 0 Å². The van der Waals surface area contributed by atoms with E-state index in [9.17, 15) is 9.59 Å². The Balaban J connectivity index is 1.99. The lowest BCUT2D eigenvalue weighted by Crippen LogP contribution is -2.10. The first-order valence-electron chi connectivity index (χ1n) is 11.1. The first-order valence-corrected chi connectivity index (χ1v) is 11.1. The molecule has 0 N–H and O–H groups in total. The first-order chi connectivity index (χ1) is 13.7. The summed E-state index contributed by atoms with van der Waals surface area (Å²) in [6.45, 7) is 4.78. The number of ether oxygens (including phenoxy) is 2. The monoisotopic (exact) mass is 390 g/mol. The molecule has 0 unspecified atom stereocenters. The van der Waals surface area contributed by atoms with Gasteiger partial charge in [0.05, 0.1) is 6.61 Å². The molecule has 0 aromatic heterocycles. The van der Waals surface area contributed by atoms with E-state index in [1.54, 1.807) is 0 Å². The van der Waals surface area contributed by atoms with Gasteiger partial charge in [0.15, 0.2) is 0 Å². The molecule has 158 valence electrons. The van der Waals surface area contributed by atoms with E-state index in [-0.39, 0.29) is 11.9 Å². The van der Waals surface area contributed by atoms with Crippen LogP contribution in [0.5, 0.6) is 5.75 Å². The van der Waals surface area contributed by atoms with E-state index in [0.717, 1.165) is 24.8 Å². The fourth-order valence-corrected chi connectivity index (χ4v) is 3.10. The number of para-hydroxylation sites is 1. The van der Waals surface area contributed by atoms with Crippen molar-refractivity contribution >= 4 is 11.9 Å². The van der Waals surface area contributed by atoms with E-state index in [2.05, 4.69) is 6.92 Å². The lowest BCUT2D eigenvalue weighted by molar-refractivity contribution is -0.144. The number of hydrogen-bond donors (Lipinski definition) is 0. The number of benzene rings is 1. The normalized spacial score (nSPS) is 10.6. The number of aryl methyl sites for hydroxylation is 1. The molecule has 0 atom stereocenters. The average Bonchev–Trinajstić information content (AvgIpc) is 2.70. The average molecular weight is 391 g/mol. The van der Waals surface area contributed by atoms with Gasteiger partial charge in [-0.15, -0.1) is 0 Å². The van der Waals surface area contributed by atoms with Gasteiger partial charge in [0.25, 0.3) is 0 Å². The van der Waals surface area contributed by atoms with Crippen LogP contribution in [-0.4, -0.2) is 18.5 Å². The molecular formula is C24H38O4. The molecule has 0 saturated carbocycles. The zero-order chi connectivity index (χ0) is 20.5. The van der Waals surface area contributed by atoms with Crippen molar-refractivity contribution in [1.29, 1.82) is 0 Å². The first kappa shape index (κ1) is 24.2. The second-order valence-electron chi connectivity index (χ2n) is 7.34. The van der Waals surface area contributed by atoms with Crippen molar-refractivity contribution in [2.75, 3.05) is 6.61 Å². The zero-order valence-corrected chi connectivity index (χ0v) is 17.8. The van der Waals surface area contributed by atoms with E-state index in [4.69, 9.17) is 9.47 Å². The second kappa shape index (κ2) is 16.1. The maximum Gasteiger partial charge on any atom is 0.311 e. The summed E-state index contributed by atoms with van der Waals surface area (Å²) in [6, 6.07) is 7.59. The van der Waals surface area contributed by atoms with Gasteiger partial charge in [-0.1, -0.05) is 77.0 Å². The maximum absolute atomic E-state index is 11.9. The van der Waals surface area contributed by atoms with Gasteiger partial charge < -0.3 is 9.47 Å². The van der Waals surface area contributed by atoms with Crippen LogP contribution in [0.4, 0.5) is 0 Å². The minimum absolute atomic E-state index is 0.160. The van der Waals surface area contributed by atoms with E-state index in [1.807, 2.05) is 31.2 Å². The van der Waals surface area contributed by atoms with Gasteiger partial charge in [0, 0.05) is 12.8 Å². The summed E-state index contributed by atoms with van der Waals surface area (Å²) in [5, 5.41) is 0. The van der Waals surface area contributed by atoms with Crippen molar-refractivity contribution in [3.63, 3.8) is 0 Å². The van der Waals surface area contributed by atoms with Crippen molar-refractivity contribution in [3.8, 4) is 5.75 Å². The fourth-order valence-electron chi connectivity index (χ4n) is 3.10. The maximum atomic E-state index is 11.9. The summed E-state index contributed by atoms with van der Waals surface area (Å²) < 4.78 is 10.7. The molecule has 0 aliphatic heterocycles. The van der Waals surface area contributed by atoms with Crippen molar-refractivity contribution in [1.82, 2.24) is 0 Å². The Morgan fingerprint density at radius 3 is 2.04 bits per heavy atom. The number of rotatable bonds is 16. The van der Waals surface area contributed by atoms with Crippen LogP contribution in [0.2, 0.25) is 0 Å². The molecule has 0 aliphatic carbocycles. The predicted octanol–water partition coefficient (Wildman–Crippen LogP) is 6.40. The smallest absolute Gasteiger partial charge is 0.311 e. The summed E-state index contributed by atoms with van der Waals surface area (Å²) in [4.78, 5) is 23.7. The second-order valence-corrected chi connectivity index (χ2v) is 7.34.